The Balaban J connectivity index is 1.07. The Kier molecular flexibility index (Phi) is 7.20. The number of para-hydroxylation sites is 3. The van der Waals surface area contributed by atoms with Gasteiger partial charge in [0, 0.05) is 64.8 Å². The molecule has 3 nitrogen and oxygen atoms in total. The van der Waals surface area contributed by atoms with Crippen LogP contribution in [-0.2, 0) is 5.41 Å². The normalized spacial score (nSPS) is 14.9. The first-order valence-electron chi connectivity index (χ1n) is 21.6. The van der Waals surface area contributed by atoms with E-state index in [4.69, 9.17) is 4.74 Å². The van der Waals surface area contributed by atoms with Crippen LogP contribution in [0.3, 0.4) is 0 Å². The molecule has 10 aromatic carbocycles. The van der Waals surface area contributed by atoms with Gasteiger partial charge in [0.25, 0.3) is 0 Å². The van der Waals surface area contributed by atoms with Crippen molar-refractivity contribution in [3.05, 3.63) is 241 Å². The Morgan fingerprint density at radius 1 is 0.397 bits per heavy atom. The molecule has 3 heterocycles. The van der Waals surface area contributed by atoms with Crippen molar-refractivity contribution in [1.82, 2.24) is 4.57 Å². The van der Waals surface area contributed by atoms with Crippen LogP contribution in [0.2, 0.25) is 0 Å². The summed E-state index contributed by atoms with van der Waals surface area (Å²) in [7, 11) is 0. The van der Waals surface area contributed by atoms with Gasteiger partial charge in [-0.2, -0.15) is 0 Å². The second kappa shape index (κ2) is 13.0. The summed E-state index contributed by atoms with van der Waals surface area (Å²) < 4.78 is 11.9. The largest absolute Gasteiger partial charge is 0.457 e. The van der Waals surface area contributed by atoms with Crippen LogP contribution in [0.4, 0.5) is 17.1 Å². The van der Waals surface area contributed by atoms with Crippen molar-refractivity contribution in [2.24, 2.45) is 0 Å². The lowest BCUT2D eigenvalue weighted by Crippen LogP contribution is -2.36. The summed E-state index contributed by atoms with van der Waals surface area (Å²) in [6.45, 7) is 0. The van der Waals surface area contributed by atoms with Crippen molar-refractivity contribution in [2.75, 3.05) is 4.90 Å². The number of fused-ring (bicyclic) bond motifs is 14. The molecule has 0 saturated carbocycles. The van der Waals surface area contributed by atoms with Crippen LogP contribution in [0, 0.1) is 0 Å². The van der Waals surface area contributed by atoms with Crippen molar-refractivity contribution in [2.45, 2.75) is 5.41 Å². The molecule has 4 heteroatoms. The number of nitrogens with zero attached hydrogens (tertiary/aromatic N) is 2. The molecule has 1 spiro atoms. The lowest BCUT2D eigenvalue weighted by molar-refractivity contribution is 0.435. The molecule has 0 bridgehead atoms. The number of rotatable bonds is 4. The first kappa shape index (κ1) is 34.8. The van der Waals surface area contributed by atoms with Crippen LogP contribution in [0.15, 0.2) is 218 Å². The first-order chi connectivity index (χ1) is 31.2. The number of hydrogen-bond acceptors (Lipinski definition) is 3. The fourth-order valence-electron chi connectivity index (χ4n) is 11.1. The van der Waals surface area contributed by atoms with E-state index in [-0.39, 0.29) is 0 Å². The highest BCUT2D eigenvalue weighted by Gasteiger charge is 2.49. The molecule has 0 N–H and O–H groups in total. The third-order valence-electron chi connectivity index (χ3n) is 13.6. The molecule has 1 aliphatic carbocycles. The highest BCUT2D eigenvalue weighted by Crippen LogP contribution is 2.62. The van der Waals surface area contributed by atoms with Gasteiger partial charge in [-0.3, -0.25) is 0 Å². The van der Waals surface area contributed by atoms with Gasteiger partial charge in [0.05, 0.1) is 16.4 Å². The second-order valence-corrected chi connectivity index (χ2v) is 17.9. The average molecular weight is 821 g/mol. The van der Waals surface area contributed by atoms with Crippen LogP contribution in [0.1, 0.15) is 22.3 Å². The molecule has 1 unspecified atom stereocenters. The highest BCUT2D eigenvalue weighted by molar-refractivity contribution is 7.25. The zero-order chi connectivity index (χ0) is 41.2. The topological polar surface area (TPSA) is 17.4 Å². The lowest BCUT2D eigenvalue weighted by atomic mass is 9.58. The van der Waals surface area contributed by atoms with Crippen molar-refractivity contribution in [3.8, 4) is 28.3 Å². The van der Waals surface area contributed by atoms with E-state index in [0.717, 1.165) is 45.4 Å². The van der Waals surface area contributed by atoms with Crippen molar-refractivity contribution in [1.29, 1.82) is 0 Å². The molecule has 0 radical (unpaired) electrons. The third-order valence-corrected chi connectivity index (χ3v) is 14.8. The summed E-state index contributed by atoms with van der Waals surface area (Å²) in [5.74, 6) is 1.75. The Labute approximate surface area is 367 Å². The van der Waals surface area contributed by atoms with Gasteiger partial charge in [0.1, 0.15) is 11.5 Å². The van der Waals surface area contributed by atoms with Crippen LogP contribution in [-0.4, -0.2) is 4.57 Å². The zero-order valence-corrected chi connectivity index (χ0v) is 34.8. The molecule has 294 valence electrons. The summed E-state index contributed by atoms with van der Waals surface area (Å²) in [6.07, 6.45) is 0. The number of ether oxygens (including phenoxy) is 1. The van der Waals surface area contributed by atoms with Gasteiger partial charge in [-0.25, -0.2) is 0 Å². The number of thiophene rings is 1. The predicted molar refractivity (Wildman–Crippen MR) is 263 cm³/mol. The lowest BCUT2D eigenvalue weighted by Gasteiger charge is -2.45. The maximum absolute atomic E-state index is 6.98. The van der Waals surface area contributed by atoms with E-state index < -0.39 is 5.41 Å². The summed E-state index contributed by atoms with van der Waals surface area (Å²) in [5.41, 5.74) is 13.4. The second-order valence-electron chi connectivity index (χ2n) is 16.8. The minimum absolute atomic E-state index is 0.656. The zero-order valence-electron chi connectivity index (χ0n) is 34.0. The molecule has 12 aromatic rings. The summed E-state index contributed by atoms with van der Waals surface area (Å²) in [5, 5.41) is 7.49. The van der Waals surface area contributed by atoms with Gasteiger partial charge >= 0.3 is 0 Å². The fraction of sp³-hybridized carbons (Fsp3) is 0.0169. The fourth-order valence-corrected chi connectivity index (χ4v) is 12.2. The Morgan fingerprint density at radius 2 is 1.02 bits per heavy atom. The third kappa shape index (κ3) is 4.79. The van der Waals surface area contributed by atoms with E-state index in [1.54, 1.807) is 0 Å². The monoisotopic (exact) mass is 820 g/mol. The number of anilines is 3. The van der Waals surface area contributed by atoms with E-state index in [1.807, 2.05) is 11.3 Å². The molecular weight excluding hydrogens is 785 g/mol. The number of hydrogen-bond donors (Lipinski definition) is 0. The van der Waals surface area contributed by atoms with Crippen molar-refractivity contribution >= 4 is 81.1 Å². The number of aromatic nitrogens is 1. The quantitative estimate of drug-likeness (QED) is 0.176. The van der Waals surface area contributed by atoms with Crippen LogP contribution >= 0.6 is 11.3 Å². The summed E-state index contributed by atoms with van der Waals surface area (Å²) >= 11 is 1.85. The van der Waals surface area contributed by atoms with Gasteiger partial charge in [0.2, 0.25) is 0 Å². The average Bonchev–Trinajstić information content (AvgIpc) is 3.88. The smallest absolute Gasteiger partial charge is 0.132 e. The Morgan fingerprint density at radius 3 is 1.92 bits per heavy atom. The predicted octanol–water partition coefficient (Wildman–Crippen LogP) is 16.2. The van der Waals surface area contributed by atoms with E-state index in [0.29, 0.717) is 0 Å². The van der Waals surface area contributed by atoms with Gasteiger partial charge in [-0.05, 0) is 118 Å². The van der Waals surface area contributed by atoms with Crippen LogP contribution in [0.5, 0.6) is 11.5 Å². The molecule has 1 atom stereocenters. The Hall–Kier alpha value is -7.92. The maximum Gasteiger partial charge on any atom is 0.132 e. The van der Waals surface area contributed by atoms with E-state index in [9.17, 15) is 0 Å². The van der Waals surface area contributed by atoms with Crippen LogP contribution < -0.4 is 9.64 Å². The minimum atomic E-state index is -0.656. The first-order valence-corrected chi connectivity index (χ1v) is 22.4. The molecule has 63 heavy (non-hydrogen) atoms. The van der Waals surface area contributed by atoms with E-state index in [1.165, 1.54) is 75.0 Å². The standard InChI is InChI=1S/C59H36N2OS/c1-2-16-38(17-3-1)61-52-25-9-5-19-43(52)46-34-39(28-31-53(46)61)60(40-30-33-57-47(35-40)44-20-6-11-27-56(44)63-57)41-29-32-55-51(36-41)59(49-23-8-10-26-54(49)62-55)48-22-7-4-18-42(48)45-21-12-14-37-15-13-24-50(59)58(37)45/h1-36H. The summed E-state index contributed by atoms with van der Waals surface area (Å²) in [6, 6.07) is 80.3. The molecule has 0 fully saturated rings. The minimum Gasteiger partial charge on any atom is -0.457 e. The van der Waals surface area contributed by atoms with Crippen LogP contribution in [0.25, 0.3) is 69.6 Å². The van der Waals surface area contributed by atoms with Gasteiger partial charge in [0.15, 0.2) is 0 Å². The number of benzene rings is 10. The molecular formula is C59H36N2OS. The molecule has 1 aliphatic heterocycles. The van der Waals surface area contributed by atoms with Gasteiger partial charge in [-0.15, -0.1) is 11.3 Å². The summed E-state index contributed by atoms with van der Waals surface area (Å²) in [4.78, 5) is 2.46. The van der Waals surface area contributed by atoms with Gasteiger partial charge < -0.3 is 14.2 Å². The highest BCUT2D eigenvalue weighted by atomic mass is 32.1. The molecule has 2 aliphatic rings. The molecule has 0 amide bonds. The molecule has 2 aromatic heterocycles. The molecule has 0 saturated heterocycles. The van der Waals surface area contributed by atoms with Gasteiger partial charge in [-0.1, -0.05) is 133 Å². The van der Waals surface area contributed by atoms with E-state index >= 15 is 0 Å². The van der Waals surface area contributed by atoms with Crippen molar-refractivity contribution in [3.63, 3.8) is 0 Å². The molecule has 14 rings (SSSR count). The van der Waals surface area contributed by atoms with Crippen molar-refractivity contribution < 1.29 is 4.74 Å². The SMILES string of the molecule is c1ccc(-n2c3ccccc3c3cc(N(c4ccc5c(c4)C4(c6ccccc6O5)c5ccccc5-c5cccc6cccc4c56)c4ccc5sc6ccccc6c5c4)ccc32)cc1. The Bertz CT molecular complexity index is 3860. The van der Waals surface area contributed by atoms with E-state index in [2.05, 4.69) is 228 Å². The maximum atomic E-state index is 6.98.